The molecule has 2 N–H and O–H groups in total. The first-order valence-electron chi connectivity index (χ1n) is 17.5. The fourth-order valence-corrected chi connectivity index (χ4v) is 7.65. The van der Waals surface area contributed by atoms with E-state index in [-0.39, 0.29) is 28.9 Å². The maximum Gasteiger partial charge on any atom is 0.318 e. The summed E-state index contributed by atoms with van der Waals surface area (Å²) < 4.78 is 27.8. The molecule has 0 aromatic heterocycles. The zero-order chi connectivity index (χ0) is 38.2. The van der Waals surface area contributed by atoms with Gasteiger partial charge in [0, 0.05) is 47.2 Å². The van der Waals surface area contributed by atoms with Crippen molar-refractivity contribution in [3.63, 3.8) is 0 Å². The molecule has 0 radical (unpaired) electrons. The molecular weight excluding hydrogens is 719 g/mol. The Morgan fingerprint density at radius 2 is 1.38 bits per heavy atom. The van der Waals surface area contributed by atoms with Crippen LogP contribution in [0.1, 0.15) is 54.5 Å². The number of nitrogens with one attached hydrogen (secondary N) is 2. The number of hydrogen-bond donors (Lipinski definition) is 2. The predicted octanol–water partition coefficient (Wildman–Crippen LogP) is 7.86. The molecular formula is C41H45Cl2F2N5O3. The van der Waals surface area contributed by atoms with Gasteiger partial charge in [0.05, 0.1) is 27.2 Å². The minimum absolute atomic E-state index is 0.121. The van der Waals surface area contributed by atoms with Crippen LogP contribution in [0.5, 0.6) is 0 Å². The molecule has 0 aliphatic carbocycles. The lowest BCUT2D eigenvalue weighted by molar-refractivity contribution is -0.143. The Kier molecular flexibility index (Phi) is 13.1. The van der Waals surface area contributed by atoms with E-state index in [1.165, 1.54) is 18.9 Å². The third kappa shape index (κ3) is 9.36. The molecule has 1 unspecified atom stereocenters. The van der Waals surface area contributed by atoms with Crippen molar-refractivity contribution in [2.45, 2.75) is 49.7 Å². The molecule has 4 aromatic carbocycles. The number of carbonyl (C=O) groups excluding carboxylic acids is 3. The number of halogens is 4. The minimum atomic E-state index is -3.24. The molecule has 1 fully saturated rings. The molecule has 4 aromatic rings. The molecule has 1 heterocycles. The van der Waals surface area contributed by atoms with Crippen LogP contribution in [0.3, 0.4) is 0 Å². The summed E-state index contributed by atoms with van der Waals surface area (Å²) in [7, 11) is 2.92. The maximum atomic E-state index is 14.6. The number of amides is 4. The molecule has 12 heteroatoms. The van der Waals surface area contributed by atoms with E-state index in [9.17, 15) is 23.2 Å². The third-order valence-electron chi connectivity index (χ3n) is 10.3. The average Bonchev–Trinajstić information content (AvgIpc) is 3.17. The first-order chi connectivity index (χ1) is 25.3. The van der Waals surface area contributed by atoms with Crippen LogP contribution < -0.4 is 10.6 Å². The number of likely N-dealkylation sites (tertiary alicyclic amines) is 1. The van der Waals surface area contributed by atoms with Gasteiger partial charge in [-0.05, 0) is 53.6 Å². The van der Waals surface area contributed by atoms with Crippen LogP contribution in [-0.4, -0.2) is 79.2 Å². The number of piperidine rings is 1. The van der Waals surface area contributed by atoms with Crippen molar-refractivity contribution >= 4 is 41.0 Å². The summed E-state index contributed by atoms with van der Waals surface area (Å²) in [6.07, 6.45) is -1.73. The van der Waals surface area contributed by atoms with Crippen molar-refractivity contribution in [1.29, 1.82) is 0 Å². The molecule has 280 valence electrons. The fourth-order valence-electron chi connectivity index (χ4n) is 7.35. The van der Waals surface area contributed by atoms with Gasteiger partial charge in [0.15, 0.2) is 0 Å². The van der Waals surface area contributed by atoms with Gasteiger partial charge < -0.3 is 25.3 Å². The average molecular weight is 765 g/mol. The van der Waals surface area contributed by atoms with Crippen LogP contribution in [0.15, 0.2) is 109 Å². The number of rotatable bonds is 13. The Morgan fingerprint density at radius 1 is 0.830 bits per heavy atom. The molecule has 1 atom stereocenters. The second-order valence-corrected chi connectivity index (χ2v) is 14.5. The Hall–Kier alpha value is -4.51. The molecule has 4 amide bonds. The smallest absolute Gasteiger partial charge is 0.318 e. The van der Waals surface area contributed by atoms with Crippen LogP contribution in [0, 0.1) is 0 Å². The number of hydrogen-bond acceptors (Lipinski definition) is 4. The quantitative estimate of drug-likeness (QED) is 0.145. The van der Waals surface area contributed by atoms with Crippen LogP contribution in [0.2, 0.25) is 10.0 Å². The summed E-state index contributed by atoms with van der Waals surface area (Å²) in [5.74, 6) is -1.49. The van der Waals surface area contributed by atoms with E-state index in [1.807, 2.05) is 91.0 Å². The lowest BCUT2D eigenvalue weighted by Gasteiger charge is -2.47. The Bertz CT molecular complexity index is 1810. The normalized spacial score (nSPS) is 15.4. The lowest BCUT2D eigenvalue weighted by Crippen LogP contribution is -2.59. The van der Waals surface area contributed by atoms with Crippen molar-refractivity contribution in [1.82, 2.24) is 25.3 Å². The number of carbonyl (C=O) groups is 3. The topological polar surface area (TPSA) is 85.0 Å². The summed E-state index contributed by atoms with van der Waals surface area (Å²) in [5, 5.41) is 6.89. The van der Waals surface area contributed by atoms with Crippen molar-refractivity contribution in [2.24, 2.45) is 0 Å². The zero-order valence-electron chi connectivity index (χ0n) is 30.1. The lowest BCUT2D eigenvalue weighted by atomic mass is 9.80. The summed E-state index contributed by atoms with van der Waals surface area (Å²) >= 11 is 12.9. The van der Waals surface area contributed by atoms with Crippen molar-refractivity contribution in [2.75, 3.05) is 40.3 Å². The van der Waals surface area contributed by atoms with Gasteiger partial charge in [0.2, 0.25) is 5.91 Å². The molecule has 0 bridgehead atoms. The van der Waals surface area contributed by atoms with Crippen LogP contribution >= 0.6 is 23.2 Å². The van der Waals surface area contributed by atoms with Gasteiger partial charge in [-0.25, -0.2) is 4.79 Å². The third-order valence-corrected chi connectivity index (χ3v) is 11.0. The second-order valence-electron chi connectivity index (χ2n) is 13.6. The van der Waals surface area contributed by atoms with Crippen molar-refractivity contribution in [3.05, 3.63) is 141 Å². The number of likely N-dealkylation sites (N-methyl/N-ethyl adjacent to an activating group) is 2. The van der Waals surface area contributed by atoms with Gasteiger partial charge >= 0.3 is 12.5 Å². The van der Waals surface area contributed by atoms with Gasteiger partial charge in [-0.2, -0.15) is 8.78 Å². The molecule has 0 saturated carbocycles. The highest BCUT2D eigenvalue weighted by Crippen LogP contribution is 2.39. The minimum Gasteiger partial charge on any atom is -0.347 e. The van der Waals surface area contributed by atoms with Crippen LogP contribution in [0.25, 0.3) is 0 Å². The Morgan fingerprint density at radius 3 is 1.89 bits per heavy atom. The molecule has 0 spiro atoms. The molecule has 1 aliphatic rings. The number of nitrogens with zero attached hydrogens (tertiary/aromatic N) is 3. The van der Waals surface area contributed by atoms with Crippen molar-refractivity contribution < 1.29 is 23.2 Å². The van der Waals surface area contributed by atoms with Crippen LogP contribution in [0.4, 0.5) is 13.6 Å². The van der Waals surface area contributed by atoms with Gasteiger partial charge in [-0.1, -0.05) is 120 Å². The summed E-state index contributed by atoms with van der Waals surface area (Å²) in [6, 6.07) is 32.9. The highest BCUT2D eigenvalue weighted by atomic mass is 35.5. The Labute approximate surface area is 320 Å². The number of benzene rings is 4. The standard InChI is InChI=1S/C41H45Cl2F2N5O3/c1-29(51)47-40(32-17-11-6-12-18-32)21-24-50(25-22-40)26-23-41(28-48(2)38(52)37(44)45,33-19-20-34(42)35(43)27-33)49(3)39(53)46-36(30-13-7-4-8-14-30)31-15-9-5-10-16-31/h4-20,27,36-37H,21-26,28H2,1-3H3,(H,46,53)(H,47,51). The summed E-state index contributed by atoms with van der Waals surface area (Å²) in [6.45, 7) is 2.91. The fraction of sp³-hybridized carbons (Fsp3) is 0.341. The first-order valence-corrected chi connectivity index (χ1v) is 18.3. The molecule has 5 rings (SSSR count). The Balaban J connectivity index is 1.51. The zero-order valence-corrected chi connectivity index (χ0v) is 31.6. The monoisotopic (exact) mass is 763 g/mol. The van der Waals surface area contributed by atoms with E-state index in [1.54, 1.807) is 25.2 Å². The van der Waals surface area contributed by atoms with Crippen molar-refractivity contribution in [3.8, 4) is 0 Å². The number of alkyl halides is 2. The highest BCUT2D eigenvalue weighted by molar-refractivity contribution is 6.42. The van der Waals surface area contributed by atoms with Crippen LogP contribution in [-0.2, 0) is 20.7 Å². The van der Waals surface area contributed by atoms with E-state index < -0.39 is 35.5 Å². The molecule has 1 saturated heterocycles. The van der Waals surface area contributed by atoms with Gasteiger partial charge in [0.25, 0.3) is 5.91 Å². The van der Waals surface area contributed by atoms with Gasteiger partial charge in [-0.15, -0.1) is 0 Å². The first kappa shape index (κ1) is 39.7. The molecule has 8 nitrogen and oxygen atoms in total. The van der Waals surface area contributed by atoms with E-state index in [0.29, 0.717) is 38.0 Å². The predicted molar refractivity (Wildman–Crippen MR) is 205 cm³/mol. The second kappa shape index (κ2) is 17.5. The van der Waals surface area contributed by atoms with E-state index in [0.717, 1.165) is 21.6 Å². The van der Waals surface area contributed by atoms with Gasteiger partial charge in [0.1, 0.15) is 0 Å². The van der Waals surface area contributed by atoms with Gasteiger partial charge in [-0.3, -0.25) is 9.59 Å². The summed E-state index contributed by atoms with van der Waals surface area (Å²) in [5.41, 5.74) is 1.36. The molecule has 53 heavy (non-hydrogen) atoms. The largest absolute Gasteiger partial charge is 0.347 e. The summed E-state index contributed by atoms with van der Waals surface area (Å²) in [4.78, 5) is 44.4. The maximum absolute atomic E-state index is 14.6. The highest BCUT2D eigenvalue weighted by Gasteiger charge is 2.44. The molecule has 1 aliphatic heterocycles. The van der Waals surface area contributed by atoms with E-state index in [4.69, 9.17) is 23.2 Å². The van der Waals surface area contributed by atoms with E-state index in [2.05, 4.69) is 15.5 Å². The van der Waals surface area contributed by atoms with E-state index >= 15 is 0 Å². The number of urea groups is 1. The SMILES string of the molecule is CC(=O)NC1(c2ccccc2)CCN(CCC(CN(C)C(=O)C(F)F)(c2ccc(Cl)c(Cl)c2)N(C)C(=O)NC(c2ccccc2)c2ccccc2)CC1.